The molecule has 0 atom stereocenters. The van der Waals surface area contributed by atoms with E-state index in [-0.39, 0.29) is 0 Å². The van der Waals surface area contributed by atoms with E-state index in [1.165, 1.54) is 12.8 Å². The van der Waals surface area contributed by atoms with Crippen LogP contribution in [-0.4, -0.2) is 9.97 Å². The van der Waals surface area contributed by atoms with E-state index in [9.17, 15) is 0 Å². The summed E-state index contributed by atoms with van der Waals surface area (Å²) in [5.41, 5.74) is 8.91. The fraction of sp³-hybridized carbons (Fsp3) is 0.375. The molecule has 0 saturated heterocycles. The lowest BCUT2D eigenvalue weighted by atomic mass is 10.1. The van der Waals surface area contributed by atoms with E-state index >= 15 is 0 Å². The Balaban J connectivity index is 1.97. The minimum Gasteiger partial charge on any atom is -0.438 e. The third-order valence-electron chi connectivity index (χ3n) is 3.79. The van der Waals surface area contributed by atoms with Crippen molar-refractivity contribution in [2.24, 2.45) is 5.73 Å². The van der Waals surface area contributed by atoms with E-state index in [0.717, 1.165) is 36.1 Å². The number of halogens is 1. The summed E-state index contributed by atoms with van der Waals surface area (Å²) in [5, 5.41) is 0.627. The molecule has 0 radical (unpaired) electrons. The average Bonchev–Trinajstić information content (AvgIpc) is 2.74. The van der Waals surface area contributed by atoms with Crippen molar-refractivity contribution in [2.45, 2.75) is 38.6 Å². The average molecular weight is 304 g/mol. The van der Waals surface area contributed by atoms with Crippen LogP contribution >= 0.6 is 11.6 Å². The van der Waals surface area contributed by atoms with Gasteiger partial charge in [0.05, 0.1) is 5.69 Å². The summed E-state index contributed by atoms with van der Waals surface area (Å²) in [6.45, 7) is 0.403. The van der Waals surface area contributed by atoms with E-state index in [1.807, 2.05) is 12.1 Å². The number of aryl methyl sites for hydroxylation is 1. The highest BCUT2D eigenvalue weighted by molar-refractivity contribution is 6.30. The lowest BCUT2D eigenvalue weighted by Crippen LogP contribution is -2.04. The number of nitrogens with zero attached hydrogens (tertiary/aromatic N) is 2. The van der Waals surface area contributed by atoms with Crippen molar-refractivity contribution < 1.29 is 4.74 Å². The van der Waals surface area contributed by atoms with E-state index in [4.69, 9.17) is 22.1 Å². The van der Waals surface area contributed by atoms with Gasteiger partial charge in [0.15, 0.2) is 0 Å². The molecule has 21 heavy (non-hydrogen) atoms. The first kappa shape index (κ1) is 14.3. The Kier molecular flexibility index (Phi) is 4.36. The van der Waals surface area contributed by atoms with Crippen molar-refractivity contribution in [3.05, 3.63) is 46.4 Å². The summed E-state index contributed by atoms with van der Waals surface area (Å²) in [4.78, 5) is 8.72. The van der Waals surface area contributed by atoms with Crippen molar-refractivity contribution in [1.82, 2.24) is 9.97 Å². The molecule has 2 aromatic rings. The molecule has 5 heteroatoms. The number of aromatic nitrogens is 2. The van der Waals surface area contributed by atoms with Crippen LogP contribution in [0.5, 0.6) is 11.6 Å². The zero-order valence-electron chi connectivity index (χ0n) is 11.8. The highest BCUT2D eigenvalue weighted by Gasteiger charge is 2.17. The lowest BCUT2D eigenvalue weighted by molar-refractivity contribution is 0.447. The van der Waals surface area contributed by atoms with Crippen LogP contribution in [-0.2, 0) is 19.4 Å². The smallest absolute Gasteiger partial charge is 0.225 e. The highest BCUT2D eigenvalue weighted by atomic mass is 35.5. The van der Waals surface area contributed by atoms with Gasteiger partial charge < -0.3 is 10.5 Å². The zero-order valence-corrected chi connectivity index (χ0v) is 12.6. The van der Waals surface area contributed by atoms with Gasteiger partial charge in [0.25, 0.3) is 0 Å². The normalized spacial score (nSPS) is 14.4. The van der Waals surface area contributed by atoms with Gasteiger partial charge in [-0.05, 0) is 37.8 Å². The molecule has 0 unspecified atom stereocenters. The molecule has 0 aliphatic heterocycles. The van der Waals surface area contributed by atoms with Gasteiger partial charge in [0.1, 0.15) is 12.1 Å². The Morgan fingerprint density at radius 1 is 1.14 bits per heavy atom. The molecule has 0 fully saturated rings. The maximum Gasteiger partial charge on any atom is 0.225 e. The molecule has 4 nitrogen and oxygen atoms in total. The van der Waals surface area contributed by atoms with Crippen LogP contribution in [0.15, 0.2) is 24.5 Å². The first-order valence-corrected chi connectivity index (χ1v) is 7.65. The lowest BCUT2D eigenvalue weighted by Gasteiger charge is -2.13. The summed E-state index contributed by atoms with van der Waals surface area (Å²) < 4.78 is 6.02. The van der Waals surface area contributed by atoms with Crippen molar-refractivity contribution in [3.63, 3.8) is 0 Å². The minimum absolute atomic E-state index is 0.403. The van der Waals surface area contributed by atoms with E-state index < -0.39 is 0 Å². The fourth-order valence-electron chi connectivity index (χ4n) is 2.65. The molecule has 0 spiro atoms. The Bertz CT molecular complexity index is 645. The van der Waals surface area contributed by atoms with Gasteiger partial charge in [0.2, 0.25) is 5.88 Å². The Labute approximate surface area is 129 Å². The number of hydrogen-bond donors (Lipinski definition) is 1. The Morgan fingerprint density at radius 3 is 2.86 bits per heavy atom. The summed E-state index contributed by atoms with van der Waals surface area (Å²) in [6.07, 6.45) is 7.08. The second kappa shape index (κ2) is 6.41. The quantitative estimate of drug-likeness (QED) is 0.879. The van der Waals surface area contributed by atoms with E-state index in [2.05, 4.69) is 9.97 Å². The van der Waals surface area contributed by atoms with Crippen LogP contribution < -0.4 is 10.5 Å². The second-order valence-electron chi connectivity index (χ2n) is 5.22. The first-order valence-electron chi connectivity index (χ1n) is 7.27. The molecule has 2 N–H and O–H groups in total. The standard InChI is InChI=1S/C16H18ClN3O/c17-12-7-6-11(9-18)15(8-12)21-16-13-4-2-1-3-5-14(13)19-10-20-16/h6-8,10H,1-5,9,18H2. The molecule has 1 heterocycles. The third kappa shape index (κ3) is 3.17. The van der Waals surface area contributed by atoms with Crippen LogP contribution in [0.25, 0.3) is 0 Å². The van der Waals surface area contributed by atoms with E-state index in [0.29, 0.717) is 23.2 Å². The molecular formula is C16H18ClN3O. The van der Waals surface area contributed by atoms with E-state index in [1.54, 1.807) is 12.4 Å². The predicted octanol–water partition coefficient (Wildman–Crippen LogP) is 3.65. The van der Waals surface area contributed by atoms with Gasteiger partial charge >= 0.3 is 0 Å². The van der Waals surface area contributed by atoms with Crippen LogP contribution in [0.4, 0.5) is 0 Å². The molecule has 1 aliphatic carbocycles. The van der Waals surface area contributed by atoms with Crippen molar-refractivity contribution in [1.29, 1.82) is 0 Å². The minimum atomic E-state index is 0.403. The van der Waals surface area contributed by atoms with Gasteiger partial charge in [-0.15, -0.1) is 0 Å². The van der Waals surface area contributed by atoms with Crippen LogP contribution in [0, 0.1) is 0 Å². The predicted molar refractivity (Wildman–Crippen MR) is 82.7 cm³/mol. The SMILES string of the molecule is NCc1ccc(Cl)cc1Oc1ncnc2c1CCCCC2. The molecule has 1 aromatic carbocycles. The van der Waals surface area contributed by atoms with Crippen LogP contribution in [0.1, 0.15) is 36.1 Å². The molecule has 0 bridgehead atoms. The summed E-state index contributed by atoms with van der Waals surface area (Å²) in [7, 11) is 0. The molecular weight excluding hydrogens is 286 g/mol. The number of benzene rings is 1. The van der Waals surface area contributed by atoms with Gasteiger partial charge in [-0.25, -0.2) is 9.97 Å². The van der Waals surface area contributed by atoms with Gasteiger partial charge in [0, 0.05) is 22.7 Å². The zero-order chi connectivity index (χ0) is 14.7. The number of nitrogens with two attached hydrogens (primary N) is 1. The summed E-state index contributed by atoms with van der Waals surface area (Å²) in [5.74, 6) is 1.31. The molecule has 3 rings (SSSR count). The van der Waals surface area contributed by atoms with Gasteiger partial charge in [-0.2, -0.15) is 0 Å². The maximum atomic E-state index is 6.06. The summed E-state index contributed by atoms with van der Waals surface area (Å²) >= 11 is 6.06. The molecule has 1 aromatic heterocycles. The van der Waals surface area contributed by atoms with Crippen molar-refractivity contribution >= 4 is 11.6 Å². The maximum absolute atomic E-state index is 6.06. The first-order chi connectivity index (χ1) is 10.3. The van der Waals surface area contributed by atoms with Crippen LogP contribution in [0.3, 0.4) is 0 Å². The summed E-state index contributed by atoms with van der Waals surface area (Å²) in [6, 6.07) is 5.49. The number of rotatable bonds is 3. The van der Waals surface area contributed by atoms with Gasteiger partial charge in [-0.1, -0.05) is 24.1 Å². The Hall–Kier alpha value is -1.65. The number of fused-ring (bicyclic) bond motifs is 1. The van der Waals surface area contributed by atoms with Crippen molar-refractivity contribution in [3.8, 4) is 11.6 Å². The van der Waals surface area contributed by atoms with Gasteiger partial charge in [-0.3, -0.25) is 0 Å². The fourth-order valence-corrected chi connectivity index (χ4v) is 2.81. The molecule has 0 saturated carbocycles. The number of hydrogen-bond acceptors (Lipinski definition) is 4. The highest BCUT2D eigenvalue weighted by Crippen LogP contribution is 2.32. The third-order valence-corrected chi connectivity index (χ3v) is 4.03. The number of ether oxygens (including phenoxy) is 1. The second-order valence-corrected chi connectivity index (χ2v) is 5.66. The van der Waals surface area contributed by atoms with Crippen molar-refractivity contribution in [2.75, 3.05) is 0 Å². The molecule has 0 amide bonds. The molecule has 1 aliphatic rings. The van der Waals surface area contributed by atoms with Crippen LogP contribution in [0.2, 0.25) is 5.02 Å². The topological polar surface area (TPSA) is 61.0 Å². The Morgan fingerprint density at radius 2 is 2.00 bits per heavy atom. The monoisotopic (exact) mass is 303 g/mol. The molecule has 110 valence electrons. The largest absolute Gasteiger partial charge is 0.438 e.